The second-order valence-corrected chi connectivity index (χ2v) is 5.42. The monoisotopic (exact) mass is 319 g/mol. The predicted octanol–water partition coefficient (Wildman–Crippen LogP) is 2.44. The van der Waals surface area contributed by atoms with Crippen molar-refractivity contribution in [3.8, 4) is 16.9 Å². The Labute approximate surface area is 135 Å². The molecule has 0 bridgehead atoms. The molecule has 0 aliphatic heterocycles. The molecule has 118 valence electrons. The summed E-state index contributed by atoms with van der Waals surface area (Å²) in [5.74, 6) is 0.790. The number of nitrogens with one attached hydrogen (secondary N) is 2. The molecule has 24 heavy (non-hydrogen) atoms. The highest BCUT2D eigenvalue weighted by Crippen LogP contribution is 2.29. The highest BCUT2D eigenvalue weighted by atomic mass is 16.5. The molecule has 0 saturated carbocycles. The number of aromatic amines is 2. The number of pyridine rings is 1. The summed E-state index contributed by atoms with van der Waals surface area (Å²) in [7, 11) is 1.63. The molecule has 4 rings (SSSR count). The van der Waals surface area contributed by atoms with E-state index in [1.54, 1.807) is 19.4 Å². The van der Waals surface area contributed by atoms with E-state index < -0.39 is 11.2 Å². The number of fused-ring (bicyclic) bond motifs is 2. The summed E-state index contributed by atoms with van der Waals surface area (Å²) in [6.45, 7) is 0. The summed E-state index contributed by atoms with van der Waals surface area (Å²) in [5, 5.41) is 2.43. The minimum atomic E-state index is -0.567. The summed E-state index contributed by atoms with van der Waals surface area (Å²) in [6.07, 6.45) is 1.57. The van der Waals surface area contributed by atoms with Crippen molar-refractivity contribution in [2.24, 2.45) is 0 Å². The fourth-order valence-corrected chi connectivity index (χ4v) is 2.85. The number of hydrogen-bond donors (Lipinski definition) is 2. The molecular formula is C18H13N3O3. The van der Waals surface area contributed by atoms with Crippen LogP contribution < -0.4 is 16.0 Å². The van der Waals surface area contributed by atoms with Gasteiger partial charge in [0.05, 0.1) is 12.5 Å². The third kappa shape index (κ3) is 2.25. The van der Waals surface area contributed by atoms with Gasteiger partial charge in [-0.2, -0.15) is 0 Å². The van der Waals surface area contributed by atoms with Crippen molar-refractivity contribution < 1.29 is 4.74 Å². The van der Waals surface area contributed by atoms with E-state index in [4.69, 9.17) is 4.74 Å². The van der Waals surface area contributed by atoms with Gasteiger partial charge in [0.1, 0.15) is 11.4 Å². The first-order valence-corrected chi connectivity index (χ1v) is 7.35. The Morgan fingerprint density at radius 3 is 2.58 bits per heavy atom. The van der Waals surface area contributed by atoms with Gasteiger partial charge in [0.15, 0.2) is 0 Å². The number of aromatic nitrogens is 3. The molecule has 0 radical (unpaired) electrons. The molecular weight excluding hydrogens is 306 g/mol. The largest absolute Gasteiger partial charge is 0.497 e. The molecule has 4 aromatic rings. The lowest BCUT2D eigenvalue weighted by Crippen LogP contribution is -2.22. The van der Waals surface area contributed by atoms with Gasteiger partial charge >= 0.3 is 5.69 Å². The highest BCUT2D eigenvalue weighted by Gasteiger charge is 2.10. The van der Waals surface area contributed by atoms with Gasteiger partial charge in [0.25, 0.3) is 5.56 Å². The van der Waals surface area contributed by atoms with Gasteiger partial charge in [-0.25, -0.2) is 9.78 Å². The number of hydrogen-bond acceptors (Lipinski definition) is 4. The average Bonchev–Trinajstić information content (AvgIpc) is 2.60. The van der Waals surface area contributed by atoms with Crippen LogP contribution in [0.25, 0.3) is 32.9 Å². The minimum absolute atomic E-state index is 0.274. The van der Waals surface area contributed by atoms with E-state index in [-0.39, 0.29) is 5.65 Å². The van der Waals surface area contributed by atoms with Crippen LogP contribution in [0.1, 0.15) is 0 Å². The lowest BCUT2D eigenvalue weighted by Gasteiger charge is -2.08. The second-order valence-electron chi connectivity index (χ2n) is 5.42. The van der Waals surface area contributed by atoms with E-state index >= 15 is 0 Å². The maximum absolute atomic E-state index is 12.2. The smallest absolute Gasteiger partial charge is 0.327 e. The first kappa shape index (κ1) is 14.2. The normalized spacial score (nSPS) is 11.0. The van der Waals surface area contributed by atoms with E-state index in [0.29, 0.717) is 5.39 Å². The zero-order chi connectivity index (χ0) is 16.7. The summed E-state index contributed by atoms with van der Waals surface area (Å²) in [4.78, 5) is 32.5. The SMILES string of the molecule is COc1ccc2cc(-c3ccnc4[nH]c(=O)[nH]c(=O)c34)ccc2c1. The predicted molar refractivity (Wildman–Crippen MR) is 92.5 cm³/mol. The fourth-order valence-electron chi connectivity index (χ4n) is 2.85. The number of nitrogens with zero attached hydrogens (tertiary/aromatic N) is 1. The molecule has 6 heteroatoms. The summed E-state index contributed by atoms with van der Waals surface area (Å²) < 4.78 is 5.23. The van der Waals surface area contributed by atoms with Crippen LogP contribution in [0.4, 0.5) is 0 Å². The number of rotatable bonds is 2. The van der Waals surface area contributed by atoms with Gasteiger partial charge in [-0.15, -0.1) is 0 Å². The third-order valence-electron chi connectivity index (χ3n) is 4.00. The highest BCUT2D eigenvalue weighted by molar-refractivity contribution is 5.95. The minimum Gasteiger partial charge on any atom is -0.497 e. The molecule has 2 aromatic carbocycles. The lowest BCUT2D eigenvalue weighted by molar-refractivity contribution is 0.415. The molecule has 6 nitrogen and oxygen atoms in total. The standard InChI is InChI=1S/C18H13N3O3/c1-24-13-5-4-10-8-12(3-2-11(10)9-13)14-6-7-19-16-15(14)17(22)21-18(23)20-16/h2-9H,1H3,(H2,19,20,21,22,23). The van der Waals surface area contributed by atoms with E-state index in [1.165, 1.54) is 0 Å². The average molecular weight is 319 g/mol. The topological polar surface area (TPSA) is 87.8 Å². The van der Waals surface area contributed by atoms with Crippen LogP contribution in [0.3, 0.4) is 0 Å². The lowest BCUT2D eigenvalue weighted by atomic mass is 10.00. The molecule has 0 aliphatic rings. The van der Waals surface area contributed by atoms with E-state index in [0.717, 1.165) is 27.6 Å². The number of H-pyrrole nitrogens is 2. The van der Waals surface area contributed by atoms with Gasteiger partial charge in [0, 0.05) is 6.20 Å². The Kier molecular flexibility index (Phi) is 3.16. The zero-order valence-electron chi connectivity index (χ0n) is 12.8. The van der Waals surface area contributed by atoms with Crippen molar-refractivity contribution in [2.75, 3.05) is 7.11 Å². The van der Waals surface area contributed by atoms with Crippen LogP contribution in [0, 0.1) is 0 Å². The molecule has 0 atom stereocenters. The van der Waals surface area contributed by atoms with Crippen LogP contribution >= 0.6 is 0 Å². The van der Waals surface area contributed by atoms with Crippen molar-refractivity contribution >= 4 is 21.8 Å². The second kappa shape index (κ2) is 5.34. The Morgan fingerprint density at radius 1 is 0.958 bits per heavy atom. The molecule has 2 N–H and O–H groups in total. The Morgan fingerprint density at radius 2 is 1.75 bits per heavy atom. The fraction of sp³-hybridized carbons (Fsp3) is 0.0556. The number of benzene rings is 2. The van der Waals surface area contributed by atoms with Crippen LogP contribution in [-0.4, -0.2) is 22.1 Å². The van der Waals surface area contributed by atoms with E-state index in [9.17, 15) is 9.59 Å². The molecule has 2 heterocycles. The van der Waals surface area contributed by atoms with Crippen molar-refractivity contribution in [3.05, 3.63) is 69.5 Å². The molecule has 0 spiro atoms. The summed E-state index contributed by atoms with van der Waals surface area (Å²) in [6, 6.07) is 13.5. The molecule has 0 saturated heterocycles. The van der Waals surface area contributed by atoms with Crippen LogP contribution in [0.5, 0.6) is 5.75 Å². The number of ether oxygens (including phenoxy) is 1. The Hall–Kier alpha value is -3.41. The molecule has 2 aromatic heterocycles. The van der Waals surface area contributed by atoms with Crippen molar-refractivity contribution in [3.63, 3.8) is 0 Å². The maximum Gasteiger partial charge on any atom is 0.327 e. The first-order chi connectivity index (χ1) is 11.7. The van der Waals surface area contributed by atoms with Gasteiger partial charge in [-0.05, 0) is 46.2 Å². The third-order valence-corrected chi connectivity index (χ3v) is 4.00. The van der Waals surface area contributed by atoms with Crippen LogP contribution in [0.2, 0.25) is 0 Å². The summed E-state index contributed by atoms with van der Waals surface area (Å²) in [5.41, 5.74) is 0.846. The maximum atomic E-state index is 12.2. The molecule has 0 unspecified atom stereocenters. The van der Waals surface area contributed by atoms with Gasteiger partial charge in [-0.3, -0.25) is 14.8 Å². The van der Waals surface area contributed by atoms with Crippen molar-refractivity contribution in [1.29, 1.82) is 0 Å². The van der Waals surface area contributed by atoms with Gasteiger partial charge in [-0.1, -0.05) is 18.2 Å². The van der Waals surface area contributed by atoms with Crippen molar-refractivity contribution in [1.82, 2.24) is 15.0 Å². The van der Waals surface area contributed by atoms with E-state index in [2.05, 4.69) is 15.0 Å². The summed E-state index contributed by atoms with van der Waals surface area (Å²) >= 11 is 0. The Bertz CT molecular complexity index is 1190. The van der Waals surface area contributed by atoms with Crippen LogP contribution in [0.15, 0.2) is 58.3 Å². The zero-order valence-corrected chi connectivity index (χ0v) is 12.8. The molecule has 0 amide bonds. The van der Waals surface area contributed by atoms with Crippen molar-refractivity contribution in [2.45, 2.75) is 0 Å². The van der Waals surface area contributed by atoms with E-state index in [1.807, 2.05) is 36.4 Å². The molecule has 0 aliphatic carbocycles. The molecule has 0 fully saturated rings. The Balaban J connectivity index is 1.99. The van der Waals surface area contributed by atoms with Gasteiger partial charge in [0.2, 0.25) is 0 Å². The van der Waals surface area contributed by atoms with Crippen LogP contribution in [-0.2, 0) is 0 Å². The quantitative estimate of drug-likeness (QED) is 0.594. The van der Waals surface area contributed by atoms with Gasteiger partial charge < -0.3 is 4.74 Å². The number of methoxy groups -OCH3 is 1. The first-order valence-electron chi connectivity index (χ1n) is 7.35.